The highest BCUT2D eigenvalue weighted by Crippen LogP contribution is 2.34. The Hall–Kier alpha value is -2.14. The second-order valence-corrected chi connectivity index (χ2v) is 7.16. The van der Waals surface area contributed by atoms with Gasteiger partial charge in [0.2, 0.25) is 5.91 Å². The zero-order valence-electron chi connectivity index (χ0n) is 14.3. The lowest BCUT2D eigenvalue weighted by Gasteiger charge is -2.18. The van der Waals surface area contributed by atoms with Crippen LogP contribution in [0, 0.1) is 0 Å². The van der Waals surface area contributed by atoms with E-state index in [1.165, 1.54) is 5.56 Å². The molecular weight excluding hydrogens is 320 g/mol. The zero-order chi connectivity index (χ0) is 17.1. The number of thiazole rings is 1. The summed E-state index contributed by atoms with van der Waals surface area (Å²) in [6, 6.07) is 9.97. The molecule has 0 radical (unpaired) electrons. The number of furan rings is 1. The van der Waals surface area contributed by atoms with Gasteiger partial charge in [-0.25, -0.2) is 4.98 Å². The van der Waals surface area contributed by atoms with Gasteiger partial charge < -0.3 is 4.42 Å². The number of nitrogens with zero attached hydrogens (tertiary/aromatic N) is 2. The summed E-state index contributed by atoms with van der Waals surface area (Å²) >= 11 is 1.57. The highest BCUT2D eigenvalue weighted by atomic mass is 32.1. The maximum atomic E-state index is 12.6. The van der Waals surface area contributed by atoms with Crippen LogP contribution in [0.2, 0.25) is 0 Å². The first kappa shape index (κ1) is 16.7. The van der Waals surface area contributed by atoms with Crippen molar-refractivity contribution in [2.75, 3.05) is 4.90 Å². The SMILES string of the molecule is CCCC(=O)N(Cc1ccco1)c1nc2c(C(C)C)cccc2s1. The molecule has 0 spiro atoms. The lowest BCUT2D eigenvalue weighted by molar-refractivity contribution is -0.118. The minimum atomic E-state index is 0.0825. The molecule has 0 saturated carbocycles. The Labute approximate surface area is 146 Å². The van der Waals surface area contributed by atoms with Crippen LogP contribution in [0.5, 0.6) is 0 Å². The molecule has 1 aromatic carbocycles. The van der Waals surface area contributed by atoms with Crippen LogP contribution in [-0.2, 0) is 11.3 Å². The summed E-state index contributed by atoms with van der Waals surface area (Å²) in [4.78, 5) is 19.2. The number of para-hydroxylation sites is 1. The van der Waals surface area contributed by atoms with Gasteiger partial charge in [-0.1, -0.05) is 44.2 Å². The topological polar surface area (TPSA) is 46.3 Å². The summed E-state index contributed by atoms with van der Waals surface area (Å²) in [5.41, 5.74) is 2.22. The molecule has 0 N–H and O–H groups in total. The van der Waals surface area contributed by atoms with Crippen LogP contribution in [0.25, 0.3) is 10.2 Å². The van der Waals surface area contributed by atoms with Crippen LogP contribution in [0.3, 0.4) is 0 Å². The van der Waals surface area contributed by atoms with E-state index in [0.717, 1.165) is 27.5 Å². The number of hydrogen-bond donors (Lipinski definition) is 0. The van der Waals surface area contributed by atoms with E-state index in [1.807, 2.05) is 19.1 Å². The fraction of sp³-hybridized carbons (Fsp3) is 0.368. The minimum Gasteiger partial charge on any atom is -0.467 e. The number of amides is 1. The summed E-state index contributed by atoms with van der Waals surface area (Å²) in [6.45, 7) is 6.76. The van der Waals surface area contributed by atoms with Gasteiger partial charge >= 0.3 is 0 Å². The molecule has 0 bridgehead atoms. The fourth-order valence-electron chi connectivity index (χ4n) is 2.71. The predicted octanol–water partition coefficient (Wildman–Crippen LogP) is 5.35. The van der Waals surface area contributed by atoms with E-state index in [-0.39, 0.29) is 5.91 Å². The summed E-state index contributed by atoms with van der Waals surface area (Å²) in [5, 5.41) is 0.743. The first-order valence-electron chi connectivity index (χ1n) is 8.32. The molecule has 1 amide bonds. The average Bonchev–Trinajstić information content (AvgIpc) is 3.21. The van der Waals surface area contributed by atoms with Crippen molar-refractivity contribution in [2.45, 2.75) is 46.1 Å². The van der Waals surface area contributed by atoms with Gasteiger partial charge in [-0.05, 0) is 36.1 Å². The van der Waals surface area contributed by atoms with E-state index in [1.54, 1.807) is 22.5 Å². The van der Waals surface area contributed by atoms with Crippen LogP contribution in [0.15, 0.2) is 41.0 Å². The van der Waals surface area contributed by atoms with Crippen molar-refractivity contribution in [1.82, 2.24) is 4.98 Å². The molecule has 4 nitrogen and oxygen atoms in total. The number of carbonyl (C=O) groups is 1. The van der Waals surface area contributed by atoms with E-state index in [0.29, 0.717) is 18.9 Å². The largest absolute Gasteiger partial charge is 0.467 e. The highest BCUT2D eigenvalue weighted by Gasteiger charge is 2.21. The normalized spacial score (nSPS) is 11.3. The molecule has 0 atom stereocenters. The van der Waals surface area contributed by atoms with Crippen LogP contribution in [-0.4, -0.2) is 10.9 Å². The number of hydrogen-bond acceptors (Lipinski definition) is 4. The van der Waals surface area contributed by atoms with Crippen molar-refractivity contribution in [1.29, 1.82) is 0 Å². The standard InChI is InChI=1S/C19H22N2O2S/c1-4-7-17(22)21(12-14-8-6-11-23-14)19-20-18-15(13(2)3)9-5-10-16(18)24-19/h5-6,8-11,13H,4,7,12H2,1-3H3. The lowest BCUT2D eigenvalue weighted by Crippen LogP contribution is -2.29. The van der Waals surface area contributed by atoms with E-state index < -0.39 is 0 Å². The summed E-state index contributed by atoms with van der Waals surface area (Å²) < 4.78 is 6.55. The Balaban J connectivity index is 2.02. The molecule has 0 aliphatic heterocycles. The maximum absolute atomic E-state index is 12.6. The second-order valence-electron chi connectivity index (χ2n) is 6.15. The predicted molar refractivity (Wildman–Crippen MR) is 98.5 cm³/mol. The molecule has 0 aliphatic carbocycles. The fourth-order valence-corrected chi connectivity index (χ4v) is 3.73. The van der Waals surface area contributed by atoms with Crippen molar-refractivity contribution in [3.63, 3.8) is 0 Å². The van der Waals surface area contributed by atoms with Crippen molar-refractivity contribution in [3.8, 4) is 0 Å². The first-order chi connectivity index (χ1) is 11.6. The molecule has 24 heavy (non-hydrogen) atoms. The minimum absolute atomic E-state index is 0.0825. The Morgan fingerprint density at radius 3 is 2.79 bits per heavy atom. The van der Waals surface area contributed by atoms with Gasteiger partial charge in [0.05, 0.1) is 23.0 Å². The molecule has 0 aliphatic rings. The monoisotopic (exact) mass is 342 g/mol. The van der Waals surface area contributed by atoms with E-state index in [9.17, 15) is 4.79 Å². The van der Waals surface area contributed by atoms with Crippen LogP contribution >= 0.6 is 11.3 Å². The number of benzene rings is 1. The lowest BCUT2D eigenvalue weighted by atomic mass is 10.0. The Morgan fingerprint density at radius 1 is 1.29 bits per heavy atom. The zero-order valence-corrected chi connectivity index (χ0v) is 15.1. The van der Waals surface area contributed by atoms with Crippen LogP contribution < -0.4 is 4.90 Å². The molecule has 2 aromatic heterocycles. The van der Waals surface area contributed by atoms with Gasteiger partial charge in [-0.15, -0.1) is 0 Å². The van der Waals surface area contributed by atoms with Gasteiger partial charge in [-0.2, -0.15) is 0 Å². The smallest absolute Gasteiger partial charge is 0.229 e. The third kappa shape index (κ3) is 3.36. The molecule has 2 heterocycles. The van der Waals surface area contributed by atoms with Gasteiger partial charge in [0.1, 0.15) is 5.76 Å². The number of fused-ring (bicyclic) bond motifs is 1. The van der Waals surface area contributed by atoms with Crippen molar-refractivity contribution >= 4 is 32.6 Å². The Kier molecular flexibility index (Phi) is 5.00. The number of aromatic nitrogens is 1. The van der Waals surface area contributed by atoms with E-state index >= 15 is 0 Å². The number of rotatable bonds is 6. The second kappa shape index (κ2) is 7.18. The Morgan fingerprint density at radius 2 is 2.12 bits per heavy atom. The quantitative estimate of drug-likeness (QED) is 0.607. The molecule has 3 rings (SSSR count). The van der Waals surface area contributed by atoms with Crippen LogP contribution in [0.1, 0.15) is 50.9 Å². The first-order valence-corrected chi connectivity index (χ1v) is 9.14. The molecule has 0 saturated heterocycles. The molecule has 5 heteroatoms. The van der Waals surface area contributed by atoms with Gasteiger partial charge in [0, 0.05) is 6.42 Å². The molecule has 126 valence electrons. The molecule has 0 unspecified atom stereocenters. The number of carbonyl (C=O) groups excluding carboxylic acids is 1. The van der Waals surface area contributed by atoms with E-state index in [2.05, 4.69) is 32.0 Å². The van der Waals surface area contributed by atoms with E-state index in [4.69, 9.17) is 9.40 Å². The highest BCUT2D eigenvalue weighted by molar-refractivity contribution is 7.22. The third-order valence-electron chi connectivity index (χ3n) is 3.95. The third-order valence-corrected chi connectivity index (χ3v) is 4.99. The van der Waals surface area contributed by atoms with Gasteiger partial charge in [-0.3, -0.25) is 9.69 Å². The molecular formula is C19H22N2O2S. The molecule has 3 aromatic rings. The summed E-state index contributed by atoms with van der Waals surface area (Å²) in [6.07, 6.45) is 2.95. The van der Waals surface area contributed by atoms with Crippen molar-refractivity contribution in [3.05, 3.63) is 47.9 Å². The summed E-state index contributed by atoms with van der Waals surface area (Å²) in [5.74, 6) is 1.25. The molecule has 0 fully saturated rings. The van der Waals surface area contributed by atoms with Crippen LogP contribution in [0.4, 0.5) is 5.13 Å². The maximum Gasteiger partial charge on any atom is 0.229 e. The van der Waals surface area contributed by atoms with Crippen molar-refractivity contribution in [2.24, 2.45) is 0 Å². The van der Waals surface area contributed by atoms with Crippen molar-refractivity contribution < 1.29 is 9.21 Å². The Bertz CT molecular complexity index is 821. The average molecular weight is 342 g/mol. The van der Waals surface area contributed by atoms with Gasteiger partial charge in [0.15, 0.2) is 5.13 Å². The number of anilines is 1. The van der Waals surface area contributed by atoms with Gasteiger partial charge in [0.25, 0.3) is 0 Å². The summed E-state index contributed by atoms with van der Waals surface area (Å²) in [7, 11) is 0.